The van der Waals surface area contributed by atoms with E-state index in [1.165, 1.54) is 23.4 Å². The maximum absolute atomic E-state index is 13.0. The van der Waals surface area contributed by atoms with E-state index in [0.29, 0.717) is 5.69 Å². The largest absolute Gasteiger partial charge is 0.416 e. The second kappa shape index (κ2) is 5.76. The number of nitrogens with one attached hydrogen (secondary N) is 2. The van der Waals surface area contributed by atoms with Crippen LogP contribution in [0.3, 0.4) is 0 Å². The number of pyridine rings is 1. The predicted molar refractivity (Wildman–Crippen MR) is 92.0 cm³/mol. The number of hydrogen-bond donors (Lipinski definition) is 1. The lowest BCUT2D eigenvalue weighted by Gasteiger charge is -2.14. The summed E-state index contributed by atoms with van der Waals surface area (Å²) in [5.41, 5.74) is 5.20. The van der Waals surface area contributed by atoms with Gasteiger partial charge in [0.05, 0.1) is 16.6 Å². The van der Waals surface area contributed by atoms with Gasteiger partial charge in [-0.2, -0.15) is 13.2 Å². The molecular weight excluding hydrogens is 325 g/mol. The van der Waals surface area contributed by atoms with E-state index in [4.69, 9.17) is 0 Å². The van der Waals surface area contributed by atoms with Crippen molar-refractivity contribution < 1.29 is 18.2 Å². The number of alkyl halides is 3. The molecular formula is C20H18F3N2+. The minimum atomic E-state index is -4.34. The van der Waals surface area contributed by atoms with Gasteiger partial charge in [-0.25, -0.2) is 4.98 Å². The number of aromatic nitrogens is 1. The van der Waals surface area contributed by atoms with Crippen molar-refractivity contribution in [3.63, 3.8) is 0 Å². The van der Waals surface area contributed by atoms with Gasteiger partial charge in [-0.15, -0.1) is 0 Å². The lowest BCUT2D eigenvalue weighted by molar-refractivity contribution is -0.356. The third-order valence-corrected chi connectivity index (χ3v) is 4.71. The predicted octanol–water partition coefficient (Wildman–Crippen LogP) is 5.21. The summed E-state index contributed by atoms with van der Waals surface area (Å²) < 4.78 is 39.0. The number of aromatic amines is 1. The molecule has 1 heterocycles. The Morgan fingerprint density at radius 3 is 2.68 bits per heavy atom. The Kier molecular flexibility index (Phi) is 3.67. The molecule has 0 saturated carbocycles. The number of halogens is 3. The summed E-state index contributed by atoms with van der Waals surface area (Å²) in [6.07, 6.45) is -1.39. The second-order valence-corrected chi connectivity index (χ2v) is 6.56. The smallest absolute Gasteiger partial charge is 0.354 e. The summed E-state index contributed by atoms with van der Waals surface area (Å²) >= 11 is 0. The Morgan fingerprint density at radius 2 is 1.88 bits per heavy atom. The molecule has 2 nitrogen and oxygen atoms in total. The SMILES string of the molecule is Cc1ccc2[nH+]c3c(c(Nc4cccc(C(F)(F)F)c4)c2c1)CCC3. The van der Waals surface area contributed by atoms with Crippen molar-refractivity contribution in [2.45, 2.75) is 32.4 Å². The number of benzene rings is 2. The maximum Gasteiger partial charge on any atom is 0.416 e. The first-order chi connectivity index (χ1) is 11.9. The zero-order chi connectivity index (χ0) is 17.6. The number of anilines is 2. The quantitative estimate of drug-likeness (QED) is 0.679. The van der Waals surface area contributed by atoms with E-state index in [-0.39, 0.29) is 0 Å². The molecule has 4 rings (SSSR count). The van der Waals surface area contributed by atoms with E-state index in [1.807, 2.05) is 19.1 Å². The molecule has 0 amide bonds. The fourth-order valence-electron chi connectivity index (χ4n) is 3.52. The first-order valence-electron chi connectivity index (χ1n) is 8.33. The van der Waals surface area contributed by atoms with Crippen molar-refractivity contribution in [1.82, 2.24) is 0 Å². The molecule has 0 fully saturated rings. The molecule has 5 heteroatoms. The molecule has 25 heavy (non-hydrogen) atoms. The molecule has 128 valence electrons. The molecule has 1 aliphatic carbocycles. The van der Waals surface area contributed by atoms with Crippen molar-refractivity contribution in [3.8, 4) is 0 Å². The van der Waals surface area contributed by atoms with E-state index in [2.05, 4.69) is 16.4 Å². The number of fused-ring (bicyclic) bond motifs is 2. The molecule has 0 bridgehead atoms. The fraction of sp³-hybridized carbons (Fsp3) is 0.250. The van der Waals surface area contributed by atoms with Crippen molar-refractivity contribution in [3.05, 3.63) is 64.8 Å². The van der Waals surface area contributed by atoms with Gasteiger partial charge in [0.2, 0.25) is 5.52 Å². The standard InChI is InChI=1S/C20H17F3N2/c1-12-8-9-18-16(10-12)19(15-6-3-7-17(15)25-18)24-14-5-2-4-13(11-14)20(21,22)23/h2,4-5,8-11H,3,6-7H2,1H3,(H,24,25)/p+1. The lowest BCUT2D eigenvalue weighted by atomic mass is 10.0. The summed E-state index contributed by atoms with van der Waals surface area (Å²) in [4.78, 5) is 3.48. The Balaban J connectivity index is 1.85. The molecule has 0 atom stereocenters. The zero-order valence-electron chi connectivity index (χ0n) is 13.8. The molecule has 0 saturated heterocycles. The molecule has 2 N–H and O–H groups in total. The molecule has 3 aromatic rings. The van der Waals surface area contributed by atoms with Gasteiger partial charge in [0.1, 0.15) is 0 Å². The van der Waals surface area contributed by atoms with Crippen LogP contribution >= 0.6 is 0 Å². The number of hydrogen-bond acceptors (Lipinski definition) is 1. The van der Waals surface area contributed by atoms with Crippen LogP contribution in [-0.4, -0.2) is 0 Å². The van der Waals surface area contributed by atoms with Crippen LogP contribution in [0.5, 0.6) is 0 Å². The molecule has 0 unspecified atom stereocenters. The summed E-state index contributed by atoms with van der Waals surface area (Å²) in [6, 6.07) is 11.5. The zero-order valence-corrected chi connectivity index (χ0v) is 13.8. The van der Waals surface area contributed by atoms with Gasteiger partial charge >= 0.3 is 6.18 Å². The second-order valence-electron chi connectivity index (χ2n) is 6.56. The first-order valence-corrected chi connectivity index (χ1v) is 8.33. The Hall–Kier alpha value is -2.56. The van der Waals surface area contributed by atoms with E-state index in [1.54, 1.807) is 6.07 Å². The van der Waals surface area contributed by atoms with Gasteiger partial charge in [-0.3, -0.25) is 0 Å². The first kappa shape index (κ1) is 15.9. The molecule has 2 aromatic carbocycles. The summed E-state index contributed by atoms with van der Waals surface area (Å²) in [7, 11) is 0. The van der Waals surface area contributed by atoms with Gasteiger partial charge in [0.15, 0.2) is 5.69 Å². The highest BCUT2D eigenvalue weighted by Crippen LogP contribution is 2.36. The summed E-state index contributed by atoms with van der Waals surface area (Å²) in [6.45, 7) is 2.01. The van der Waals surface area contributed by atoms with Gasteiger partial charge in [0, 0.05) is 23.7 Å². The molecule has 0 aliphatic heterocycles. The van der Waals surface area contributed by atoms with Gasteiger partial charge in [-0.05, 0) is 49.6 Å². The fourth-order valence-corrected chi connectivity index (χ4v) is 3.52. The molecule has 0 radical (unpaired) electrons. The van der Waals surface area contributed by atoms with E-state index < -0.39 is 11.7 Å². The minimum absolute atomic E-state index is 0.456. The topological polar surface area (TPSA) is 26.2 Å². The Labute approximate surface area is 143 Å². The van der Waals surface area contributed by atoms with Crippen LogP contribution in [0.1, 0.15) is 28.8 Å². The number of aryl methyl sites for hydroxylation is 2. The van der Waals surface area contributed by atoms with Crippen LogP contribution in [0.25, 0.3) is 10.9 Å². The van der Waals surface area contributed by atoms with Gasteiger partial charge in [0.25, 0.3) is 0 Å². The molecule has 1 aromatic heterocycles. The summed E-state index contributed by atoms with van der Waals surface area (Å²) in [5.74, 6) is 0. The van der Waals surface area contributed by atoms with Crippen LogP contribution < -0.4 is 10.3 Å². The van der Waals surface area contributed by atoms with Crippen LogP contribution in [0.15, 0.2) is 42.5 Å². The van der Waals surface area contributed by atoms with Crippen molar-refractivity contribution >= 4 is 22.3 Å². The summed E-state index contributed by atoms with van der Waals surface area (Å²) in [5, 5.41) is 4.28. The highest BCUT2D eigenvalue weighted by Gasteiger charge is 2.31. The van der Waals surface area contributed by atoms with Gasteiger partial charge in [-0.1, -0.05) is 12.1 Å². The Morgan fingerprint density at radius 1 is 1.04 bits per heavy atom. The normalized spacial score (nSPS) is 13.9. The van der Waals surface area contributed by atoms with Crippen molar-refractivity contribution in [2.24, 2.45) is 0 Å². The van der Waals surface area contributed by atoms with E-state index >= 15 is 0 Å². The van der Waals surface area contributed by atoms with Crippen LogP contribution in [0, 0.1) is 6.92 Å². The van der Waals surface area contributed by atoms with Gasteiger partial charge < -0.3 is 5.32 Å². The highest BCUT2D eigenvalue weighted by atomic mass is 19.4. The number of rotatable bonds is 2. The third-order valence-electron chi connectivity index (χ3n) is 4.71. The highest BCUT2D eigenvalue weighted by molar-refractivity contribution is 5.94. The van der Waals surface area contributed by atoms with Crippen LogP contribution in [0.2, 0.25) is 0 Å². The van der Waals surface area contributed by atoms with Crippen LogP contribution in [0.4, 0.5) is 24.5 Å². The average Bonchev–Trinajstić information content (AvgIpc) is 3.03. The van der Waals surface area contributed by atoms with Crippen molar-refractivity contribution in [2.75, 3.05) is 5.32 Å². The van der Waals surface area contributed by atoms with Crippen molar-refractivity contribution in [1.29, 1.82) is 0 Å². The minimum Gasteiger partial charge on any atom is -0.354 e. The monoisotopic (exact) mass is 343 g/mol. The Bertz CT molecular complexity index is 961. The van der Waals surface area contributed by atoms with E-state index in [9.17, 15) is 13.2 Å². The van der Waals surface area contributed by atoms with E-state index in [0.717, 1.165) is 47.5 Å². The maximum atomic E-state index is 13.0. The molecule has 1 aliphatic rings. The number of H-pyrrole nitrogens is 1. The lowest BCUT2D eigenvalue weighted by Crippen LogP contribution is -2.14. The third kappa shape index (κ3) is 2.95. The average molecular weight is 343 g/mol. The van der Waals surface area contributed by atoms with Crippen LogP contribution in [-0.2, 0) is 19.0 Å². The molecule has 0 spiro atoms.